The summed E-state index contributed by atoms with van der Waals surface area (Å²) >= 11 is 3.59. The highest BCUT2D eigenvalue weighted by atomic mass is 79.9. The summed E-state index contributed by atoms with van der Waals surface area (Å²) in [6.07, 6.45) is -6.23. The van der Waals surface area contributed by atoms with Gasteiger partial charge in [0.1, 0.15) is 21.4 Å². The second-order valence-electron chi connectivity index (χ2n) is 8.56. The summed E-state index contributed by atoms with van der Waals surface area (Å²) in [7, 11) is 0. The van der Waals surface area contributed by atoms with E-state index in [1.807, 2.05) is 6.92 Å². The Morgan fingerprint density at radius 3 is 2.38 bits per heavy atom. The second kappa shape index (κ2) is 10.3. The van der Waals surface area contributed by atoms with Crippen LogP contribution in [0.2, 0.25) is 0 Å². The molecule has 0 fully saturated rings. The average molecular weight is 634 g/mol. The predicted molar refractivity (Wildman–Crippen MR) is 138 cm³/mol. The number of aryl methyl sites for hydroxylation is 1. The predicted octanol–water partition coefficient (Wildman–Crippen LogP) is 6.01. The number of anilines is 1. The minimum atomic E-state index is -4.77. The number of hydrogen-bond acceptors (Lipinski definition) is 6. The van der Waals surface area contributed by atoms with Crippen molar-refractivity contribution in [2.75, 3.05) is 5.32 Å². The van der Waals surface area contributed by atoms with E-state index >= 15 is 0 Å². The number of nitrogens with two attached hydrogens (primary N) is 1. The number of pyridine rings is 1. The van der Waals surface area contributed by atoms with Gasteiger partial charge in [-0.2, -0.15) is 23.4 Å². The summed E-state index contributed by atoms with van der Waals surface area (Å²) in [6, 6.07) is -0.118. The summed E-state index contributed by atoms with van der Waals surface area (Å²) in [6.45, 7) is 6.76. The van der Waals surface area contributed by atoms with Crippen LogP contribution in [-0.2, 0) is 17.5 Å². The quantitative estimate of drug-likeness (QED) is 0.241. The van der Waals surface area contributed by atoms with Gasteiger partial charge >= 0.3 is 6.18 Å². The zero-order chi connectivity index (χ0) is 29.0. The molecule has 2 amide bonds. The lowest BCUT2D eigenvalue weighted by molar-refractivity contribution is -0.142. The molecule has 0 saturated carbocycles. The highest BCUT2D eigenvalue weighted by Crippen LogP contribution is 2.43. The molecule has 0 saturated heterocycles. The zero-order valence-corrected chi connectivity index (χ0v) is 23.2. The van der Waals surface area contributed by atoms with Crippen LogP contribution in [0, 0.1) is 13.8 Å². The molecule has 4 heterocycles. The van der Waals surface area contributed by atoms with Gasteiger partial charge in [0, 0.05) is 23.2 Å². The summed E-state index contributed by atoms with van der Waals surface area (Å²) in [5.74, 6) is -1.78. The summed E-state index contributed by atoms with van der Waals surface area (Å²) in [5.41, 5.74) is 5.09. The fourth-order valence-corrected chi connectivity index (χ4v) is 5.66. The molecule has 0 aliphatic rings. The molecule has 1 unspecified atom stereocenters. The number of carbonyl (C=O) groups is 2. The Kier molecular flexibility index (Phi) is 7.55. The van der Waals surface area contributed by atoms with E-state index in [2.05, 4.69) is 36.4 Å². The zero-order valence-electron chi connectivity index (χ0n) is 20.8. The molecule has 3 N–H and O–H groups in total. The monoisotopic (exact) mass is 633 g/mol. The van der Waals surface area contributed by atoms with E-state index in [1.54, 1.807) is 11.6 Å². The van der Waals surface area contributed by atoms with Crippen molar-refractivity contribution < 1.29 is 31.5 Å². The molecule has 0 aromatic carbocycles. The molecule has 16 heteroatoms. The minimum Gasteiger partial charge on any atom is -0.365 e. The van der Waals surface area contributed by atoms with Gasteiger partial charge in [-0.3, -0.25) is 19.0 Å². The van der Waals surface area contributed by atoms with Crippen molar-refractivity contribution >= 4 is 55.0 Å². The number of primary amides is 1. The van der Waals surface area contributed by atoms with Crippen molar-refractivity contribution in [2.45, 2.75) is 52.9 Å². The third-order valence-corrected chi connectivity index (χ3v) is 8.21. The smallest absolute Gasteiger partial charge is 0.365 e. The number of thiophene rings is 1. The average Bonchev–Trinajstić information content (AvgIpc) is 3.51. The van der Waals surface area contributed by atoms with Crippen molar-refractivity contribution in [3.8, 4) is 11.1 Å². The van der Waals surface area contributed by atoms with Gasteiger partial charge in [0.25, 0.3) is 12.3 Å². The van der Waals surface area contributed by atoms with Crippen LogP contribution in [0.1, 0.15) is 58.8 Å². The number of nitrogens with zero attached hydrogens (tertiary/aromatic N) is 5. The third-order valence-electron chi connectivity index (χ3n) is 6.16. The lowest BCUT2D eigenvalue weighted by atomic mass is 10.0. The van der Waals surface area contributed by atoms with Gasteiger partial charge in [0.05, 0.1) is 22.1 Å². The third kappa shape index (κ3) is 5.02. The number of alkyl halides is 5. The molecular weight excluding hydrogens is 613 g/mol. The molecule has 9 nitrogen and oxygen atoms in total. The van der Waals surface area contributed by atoms with Crippen LogP contribution in [0.5, 0.6) is 0 Å². The Hall–Kier alpha value is -3.40. The first-order valence-corrected chi connectivity index (χ1v) is 13.0. The normalized spacial score (nSPS) is 12.9. The topological polar surface area (TPSA) is 121 Å². The summed E-state index contributed by atoms with van der Waals surface area (Å²) in [4.78, 5) is 29.5. The molecule has 208 valence electrons. The first-order valence-electron chi connectivity index (χ1n) is 11.4. The van der Waals surface area contributed by atoms with E-state index in [0.29, 0.717) is 29.1 Å². The van der Waals surface area contributed by atoms with Crippen molar-refractivity contribution in [1.82, 2.24) is 24.5 Å². The van der Waals surface area contributed by atoms with Crippen LogP contribution in [0.4, 0.5) is 27.6 Å². The maximum absolute atomic E-state index is 13.8. The van der Waals surface area contributed by atoms with Crippen molar-refractivity contribution in [1.29, 1.82) is 0 Å². The van der Waals surface area contributed by atoms with Crippen LogP contribution in [-0.4, -0.2) is 36.4 Å². The molecule has 0 aliphatic heterocycles. The van der Waals surface area contributed by atoms with Crippen LogP contribution in [0.15, 0.2) is 16.7 Å². The number of halogens is 6. The molecule has 0 bridgehead atoms. The number of aromatic nitrogens is 5. The van der Waals surface area contributed by atoms with Crippen LogP contribution < -0.4 is 11.1 Å². The minimum absolute atomic E-state index is 0.0144. The Balaban J connectivity index is 1.89. The van der Waals surface area contributed by atoms with Crippen molar-refractivity contribution in [3.05, 3.63) is 44.4 Å². The molecule has 1 atom stereocenters. The number of hydrogen-bond donors (Lipinski definition) is 2. The van der Waals surface area contributed by atoms with E-state index < -0.39 is 41.8 Å². The molecule has 39 heavy (non-hydrogen) atoms. The van der Waals surface area contributed by atoms with E-state index in [0.717, 1.165) is 10.7 Å². The van der Waals surface area contributed by atoms with Gasteiger partial charge in [-0.15, -0.1) is 11.3 Å². The van der Waals surface area contributed by atoms with Crippen LogP contribution in [0.3, 0.4) is 0 Å². The standard InChI is InChI=1S/C23H21BrF5N7O2S/c1-5-35-8(2)12(7-31-35)11-6-13(19(25)26)32-22-14(11)16(17(39-22)20(30)37)33-21(38)10(4)36-9(3)15(24)18(34-36)23(27,28)29/h6-7,10,19H,5H2,1-4H3,(H2,30,37)(H,33,38). The Labute approximate surface area is 230 Å². The fourth-order valence-electron chi connectivity index (χ4n) is 4.16. The lowest BCUT2D eigenvalue weighted by Gasteiger charge is -2.16. The molecule has 0 spiro atoms. The van der Waals surface area contributed by atoms with E-state index in [4.69, 9.17) is 5.73 Å². The summed E-state index contributed by atoms with van der Waals surface area (Å²) in [5, 5.41) is 10.6. The van der Waals surface area contributed by atoms with Gasteiger partial charge < -0.3 is 11.1 Å². The SMILES string of the molecule is CCn1ncc(-c2cc(C(F)F)nc3sc(C(N)=O)c(NC(=O)C(C)n4nc(C(F)(F)F)c(Br)c4C)c23)c1C. The number of carbonyl (C=O) groups excluding carboxylic acids is 2. The summed E-state index contributed by atoms with van der Waals surface area (Å²) < 4.78 is 69.8. The maximum atomic E-state index is 13.8. The second-order valence-corrected chi connectivity index (χ2v) is 10.4. The first kappa shape index (κ1) is 28.6. The van der Waals surface area contributed by atoms with Crippen molar-refractivity contribution in [3.63, 3.8) is 0 Å². The number of rotatable bonds is 7. The molecule has 4 aromatic rings. The van der Waals surface area contributed by atoms with E-state index in [9.17, 15) is 31.5 Å². The van der Waals surface area contributed by atoms with Crippen LogP contribution in [0.25, 0.3) is 21.3 Å². The maximum Gasteiger partial charge on any atom is 0.436 e. The fraction of sp³-hybridized carbons (Fsp3) is 0.348. The van der Waals surface area contributed by atoms with Gasteiger partial charge in [-0.1, -0.05) is 0 Å². The molecule has 0 radical (unpaired) electrons. The Morgan fingerprint density at radius 2 is 1.87 bits per heavy atom. The van der Waals surface area contributed by atoms with Gasteiger partial charge in [0.2, 0.25) is 5.91 Å². The highest BCUT2D eigenvalue weighted by molar-refractivity contribution is 9.10. The number of fused-ring (bicyclic) bond motifs is 1. The molecule has 4 rings (SSSR count). The van der Waals surface area contributed by atoms with Crippen LogP contribution >= 0.6 is 27.3 Å². The molecule has 4 aromatic heterocycles. The molecule has 0 aliphatic carbocycles. The largest absolute Gasteiger partial charge is 0.436 e. The van der Waals surface area contributed by atoms with Gasteiger partial charge in [-0.05, 0) is 55.3 Å². The van der Waals surface area contributed by atoms with Crippen molar-refractivity contribution in [2.24, 2.45) is 5.73 Å². The highest BCUT2D eigenvalue weighted by Gasteiger charge is 2.39. The number of nitrogens with one attached hydrogen (secondary N) is 1. The van der Waals surface area contributed by atoms with Gasteiger partial charge in [-0.25, -0.2) is 13.8 Å². The van der Waals surface area contributed by atoms with E-state index in [-0.39, 0.29) is 36.5 Å². The van der Waals surface area contributed by atoms with E-state index in [1.165, 1.54) is 20.0 Å². The Bertz CT molecular complexity index is 1610. The lowest BCUT2D eigenvalue weighted by Crippen LogP contribution is -2.26. The first-order chi connectivity index (χ1) is 18.2. The molecular formula is C23H21BrF5N7O2S. The van der Waals surface area contributed by atoms with Gasteiger partial charge in [0.15, 0.2) is 5.69 Å². The Morgan fingerprint density at radius 1 is 1.21 bits per heavy atom. The number of amides is 2.